The van der Waals surface area contributed by atoms with Crippen molar-refractivity contribution in [1.29, 1.82) is 0 Å². The number of nitrogens with two attached hydrogens (primary N) is 1. The highest BCUT2D eigenvalue weighted by molar-refractivity contribution is 7.89. The van der Waals surface area contributed by atoms with Crippen LogP contribution < -0.4 is 10.5 Å². The molecule has 0 radical (unpaired) electrons. The van der Waals surface area contributed by atoms with Crippen LogP contribution in [-0.4, -0.2) is 18.6 Å². The van der Waals surface area contributed by atoms with E-state index in [1.54, 1.807) is 6.07 Å². The van der Waals surface area contributed by atoms with E-state index in [-0.39, 0.29) is 22.3 Å². The summed E-state index contributed by atoms with van der Waals surface area (Å²) >= 11 is 5.72. The Morgan fingerprint density at radius 1 is 1.45 bits per heavy atom. The molecule has 2 aromatic heterocycles. The van der Waals surface area contributed by atoms with Gasteiger partial charge in [-0.25, -0.2) is 18.1 Å². The van der Waals surface area contributed by atoms with Gasteiger partial charge in [0.05, 0.1) is 17.3 Å². The molecule has 2 heterocycles. The molecule has 108 valence electrons. The summed E-state index contributed by atoms with van der Waals surface area (Å²) in [4.78, 5) is 3.54. The van der Waals surface area contributed by atoms with E-state index in [2.05, 4.69) is 14.9 Å². The summed E-state index contributed by atoms with van der Waals surface area (Å²) in [6.45, 7) is 1.89. The van der Waals surface area contributed by atoms with Crippen molar-refractivity contribution in [3.05, 3.63) is 34.8 Å². The standard InChI is InChI=1S/C11H13ClN4O3S/c1-2-8-4-9(19-16-8)6-15-20(17,18)10-3-7(12)5-14-11(10)13/h3-5,15H,2,6H2,1H3,(H2,13,14). The third kappa shape index (κ3) is 3.27. The van der Waals surface area contributed by atoms with Gasteiger partial charge in [0.15, 0.2) is 5.76 Å². The van der Waals surface area contributed by atoms with Gasteiger partial charge < -0.3 is 10.3 Å². The number of sulfonamides is 1. The third-order valence-corrected chi connectivity index (χ3v) is 4.18. The zero-order valence-corrected chi connectivity index (χ0v) is 12.2. The first-order chi connectivity index (χ1) is 9.42. The Balaban J connectivity index is 2.17. The zero-order valence-electron chi connectivity index (χ0n) is 10.6. The van der Waals surface area contributed by atoms with Crippen LogP contribution in [-0.2, 0) is 23.0 Å². The summed E-state index contributed by atoms with van der Waals surface area (Å²) < 4.78 is 31.6. The molecule has 0 aliphatic carbocycles. The minimum atomic E-state index is -3.82. The molecule has 9 heteroatoms. The molecular formula is C11H13ClN4O3S. The Morgan fingerprint density at radius 3 is 2.85 bits per heavy atom. The Bertz CT molecular complexity index is 714. The van der Waals surface area contributed by atoms with Gasteiger partial charge in [0.25, 0.3) is 0 Å². The van der Waals surface area contributed by atoms with Crippen molar-refractivity contribution >= 4 is 27.4 Å². The van der Waals surface area contributed by atoms with Crippen LogP contribution >= 0.6 is 11.6 Å². The molecule has 2 rings (SSSR count). The number of nitrogens with zero attached hydrogens (tertiary/aromatic N) is 2. The maximum absolute atomic E-state index is 12.1. The number of rotatable bonds is 5. The van der Waals surface area contributed by atoms with Crippen molar-refractivity contribution in [2.75, 3.05) is 5.73 Å². The summed E-state index contributed by atoms with van der Waals surface area (Å²) in [7, 11) is -3.82. The molecule has 0 amide bonds. The fraction of sp³-hybridized carbons (Fsp3) is 0.273. The second-order valence-corrected chi connectivity index (χ2v) is 6.17. The van der Waals surface area contributed by atoms with Crippen LogP contribution in [0.15, 0.2) is 27.7 Å². The first-order valence-electron chi connectivity index (χ1n) is 5.77. The Hall–Kier alpha value is -1.64. The summed E-state index contributed by atoms with van der Waals surface area (Å²) in [5, 5.41) is 3.96. The number of aromatic nitrogens is 2. The lowest BCUT2D eigenvalue weighted by Gasteiger charge is -2.07. The Morgan fingerprint density at radius 2 is 2.20 bits per heavy atom. The molecule has 0 atom stereocenters. The number of pyridine rings is 1. The fourth-order valence-electron chi connectivity index (χ4n) is 1.50. The molecule has 0 unspecified atom stereocenters. The molecule has 20 heavy (non-hydrogen) atoms. The minimum absolute atomic E-state index is 0.0265. The van der Waals surface area contributed by atoms with Crippen LogP contribution in [0.25, 0.3) is 0 Å². The molecule has 0 spiro atoms. The van der Waals surface area contributed by atoms with Gasteiger partial charge in [0.2, 0.25) is 10.0 Å². The molecule has 0 aromatic carbocycles. The lowest BCUT2D eigenvalue weighted by molar-refractivity contribution is 0.375. The number of nitrogen functional groups attached to an aromatic ring is 1. The van der Waals surface area contributed by atoms with Crippen molar-refractivity contribution in [2.24, 2.45) is 0 Å². The normalized spacial score (nSPS) is 11.7. The number of hydrogen-bond acceptors (Lipinski definition) is 6. The number of hydrogen-bond donors (Lipinski definition) is 2. The van der Waals surface area contributed by atoms with Gasteiger partial charge >= 0.3 is 0 Å². The topological polar surface area (TPSA) is 111 Å². The molecule has 7 nitrogen and oxygen atoms in total. The molecule has 0 fully saturated rings. The van der Waals surface area contributed by atoms with Gasteiger partial charge in [-0.3, -0.25) is 0 Å². The SMILES string of the molecule is CCc1cc(CNS(=O)(=O)c2cc(Cl)cnc2N)on1. The molecule has 2 aromatic rings. The number of halogens is 1. The first kappa shape index (κ1) is 14.8. The molecule has 0 aliphatic heterocycles. The highest BCUT2D eigenvalue weighted by Gasteiger charge is 2.19. The van der Waals surface area contributed by atoms with E-state index in [0.717, 1.165) is 5.69 Å². The maximum atomic E-state index is 12.1. The van der Waals surface area contributed by atoms with E-state index < -0.39 is 10.0 Å². The van der Waals surface area contributed by atoms with E-state index in [9.17, 15) is 8.42 Å². The summed E-state index contributed by atoms with van der Waals surface area (Å²) in [5.74, 6) is 0.299. The van der Waals surface area contributed by atoms with Gasteiger partial charge in [-0.15, -0.1) is 0 Å². The minimum Gasteiger partial charge on any atom is -0.383 e. The van der Waals surface area contributed by atoms with Crippen molar-refractivity contribution in [3.8, 4) is 0 Å². The second-order valence-electron chi connectivity index (χ2n) is 4.00. The predicted octanol–water partition coefficient (Wildman–Crippen LogP) is 1.35. The first-order valence-corrected chi connectivity index (χ1v) is 7.63. The van der Waals surface area contributed by atoms with Gasteiger partial charge in [-0.2, -0.15) is 0 Å². The van der Waals surface area contributed by atoms with Crippen molar-refractivity contribution < 1.29 is 12.9 Å². The third-order valence-electron chi connectivity index (χ3n) is 2.54. The smallest absolute Gasteiger partial charge is 0.244 e. The zero-order chi connectivity index (χ0) is 14.8. The molecule has 0 bridgehead atoms. The Kier molecular flexibility index (Phi) is 4.26. The van der Waals surface area contributed by atoms with Crippen molar-refractivity contribution in [2.45, 2.75) is 24.8 Å². The second kappa shape index (κ2) is 5.78. The highest BCUT2D eigenvalue weighted by atomic mass is 35.5. The van der Waals surface area contributed by atoms with Gasteiger partial charge in [-0.05, 0) is 12.5 Å². The summed E-state index contributed by atoms with van der Waals surface area (Å²) in [6, 6.07) is 2.92. The van der Waals surface area contributed by atoms with Crippen LogP contribution in [0.4, 0.5) is 5.82 Å². The summed E-state index contributed by atoms with van der Waals surface area (Å²) in [5.41, 5.74) is 6.30. The average Bonchev–Trinajstić information content (AvgIpc) is 2.87. The number of nitrogens with one attached hydrogen (secondary N) is 1. The van der Waals surface area contributed by atoms with E-state index >= 15 is 0 Å². The maximum Gasteiger partial charge on any atom is 0.244 e. The van der Waals surface area contributed by atoms with E-state index in [4.69, 9.17) is 21.9 Å². The highest BCUT2D eigenvalue weighted by Crippen LogP contribution is 2.20. The van der Waals surface area contributed by atoms with Gasteiger partial charge in [0, 0.05) is 12.3 Å². The van der Waals surface area contributed by atoms with Crippen LogP contribution in [0.3, 0.4) is 0 Å². The van der Waals surface area contributed by atoms with Crippen LogP contribution in [0.5, 0.6) is 0 Å². The quantitative estimate of drug-likeness (QED) is 0.861. The number of aryl methyl sites for hydroxylation is 1. The Labute approximate surface area is 121 Å². The van der Waals surface area contributed by atoms with E-state index in [0.29, 0.717) is 12.2 Å². The van der Waals surface area contributed by atoms with Gasteiger partial charge in [-0.1, -0.05) is 23.7 Å². The van der Waals surface area contributed by atoms with Gasteiger partial charge in [0.1, 0.15) is 10.7 Å². The predicted molar refractivity (Wildman–Crippen MR) is 73.6 cm³/mol. The van der Waals surface area contributed by atoms with Crippen molar-refractivity contribution in [1.82, 2.24) is 14.9 Å². The van der Waals surface area contributed by atoms with Crippen LogP contribution in [0.2, 0.25) is 5.02 Å². The van der Waals surface area contributed by atoms with Crippen LogP contribution in [0, 0.1) is 0 Å². The largest absolute Gasteiger partial charge is 0.383 e. The lowest BCUT2D eigenvalue weighted by Crippen LogP contribution is -2.24. The molecule has 3 N–H and O–H groups in total. The van der Waals surface area contributed by atoms with Crippen molar-refractivity contribution in [3.63, 3.8) is 0 Å². The molecule has 0 saturated heterocycles. The fourth-order valence-corrected chi connectivity index (χ4v) is 2.82. The summed E-state index contributed by atoms with van der Waals surface area (Å²) in [6.07, 6.45) is 1.99. The monoisotopic (exact) mass is 316 g/mol. The molecular weight excluding hydrogens is 304 g/mol. The van der Waals surface area contributed by atoms with Crippen LogP contribution in [0.1, 0.15) is 18.4 Å². The number of anilines is 1. The average molecular weight is 317 g/mol. The molecule has 0 saturated carbocycles. The van der Waals surface area contributed by atoms with E-state index in [1.807, 2.05) is 6.92 Å². The lowest BCUT2D eigenvalue weighted by atomic mass is 10.3. The van der Waals surface area contributed by atoms with E-state index in [1.165, 1.54) is 12.3 Å². The molecule has 0 aliphatic rings.